The highest BCUT2D eigenvalue weighted by molar-refractivity contribution is 5.94. The van der Waals surface area contributed by atoms with E-state index >= 15 is 0 Å². The molecule has 25 heavy (non-hydrogen) atoms. The van der Waals surface area contributed by atoms with Crippen LogP contribution in [0.15, 0.2) is 29.4 Å². The molecule has 1 aromatic carbocycles. The molecule has 1 heterocycles. The van der Waals surface area contributed by atoms with Crippen molar-refractivity contribution in [1.82, 2.24) is 15.6 Å². The number of carbonyl (C=O) groups excluding carboxylic acids is 1. The molecular weight excluding hydrogens is 314 g/mol. The zero-order valence-electron chi connectivity index (χ0n) is 14.9. The lowest BCUT2D eigenvalue weighted by Crippen LogP contribution is -2.21. The van der Waals surface area contributed by atoms with Gasteiger partial charge in [-0.3, -0.25) is 9.89 Å². The summed E-state index contributed by atoms with van der Waals surface area (Å²) in [6.45, 7) is 6.24. The third kappa shape index (κ3) is 3.90. The van der Waals surface area contributed by atoms with E-state index in [0.29, 0.717) is 5.69 Å². The molecule has 0 aliphatic heterocycles. The number of amides is 1. The maximum Gasteiger partial charge on any atom is 0.292 e. The van der Waals surface area contributed by atoms with Crippen LogP contribution in [0.5, 0.6) is 0 Å². The molecule has 1 aliphatic rings. The molecule has 1 amide bonds. The minimum absolute atomic E-state index is 0.254. The van der Waals surface area contributed by atoms with Crippen LogP contribution in [-0.4, -0.2) is 35.4 Å². The van der Waals surface area contributed by atoms with Gasteiger partial charge in [-0.25, -0.2) is 5.43 Å². The van der Waals surface area contributed by atoms with Crippen molar-refractivity contribution >= 4 is 17.8 Å². The van der Waals surface area contributed by atoms with E-state index in [-0.39, 0.29) is 5.91 Å². The van der Waals surface area contributed by atoms with Crippen molar-refractivity contribution in [3.8, 4) is 0 Å². The molecule has 2 N–H and O–H groups in total. The van der Waals surface area contributed by atoms with Crippen molar-refractivity contribution in [2.45, 2.75) is 39.5 Å². The number of nitrogens with one attached hydrogen (secondary N) is 2. The van der Waals surface area contributed by atoms with Gasteiger partial charge >= 0.3 is 0 Å². The lowest BCUT2D eigenvalue weighted by atomic mass is 9.96. The molecule has 0 fully saturated rings. The molecule has 0 radical (unpaired) electrons. The zero-order chi connectivity index (χ0) is 17.6. The smallest absolute Gasteiger partial charge is 0.292 e. The number of carbonyl (C=O) groups is 1. The van der Waals surface area contributed by atoms with Gasteiger partial charge in [0.05, 0.1) is 6.21 Å². The van der Waals surface area contributed by atoms with E-state index in [0.717, 1.165) is 55.6 Å². The van der Waals surface area contributed by atoms with E-state index < -0.39 is 0 Å². The van der Waals surface area contributed by atoms with E-state index in [9.17, 15) is 4.79 Å². The molecule has 132 valence electrons. The lowest BCUT2D eigenvalue weighted by Gasteiger charge is -2.20. The maximum absolute atomic E-state index is 12.3. The summed E-state index contributed by atoms with van der Waals surface area (Å²) in [7, 11) is 0. The minimum atomic E-state index is -0.254. The molecular formula is C19H25N5O. The summed E-state index contributed by atoms with van der Waals surface area (Å²) in [6, 6.07) is 8.14. The van der Waals surface area contributed by atoms with Crippen molar-refractivity contribution in [3.05, 3.63) is 46.8 Å². The molecule has 2 aromatic rings. The first kappa shape index (κ1) is 17.2. The number of aromatic nitrogens is 2. The topological polar surface area (TPSA) is 73.4 Å². The van der Waals surface area contributed by atoms with Crippen LogP contribution < -0.4 is 10.3 Å². The molecule has 1 aliphatic carbocycles. The monoisotopic (exact) mass is 339 g/mol. The standard InChI is InChI=1S/C19H25N5O/c1-3-24(4-2)15-11-9-14(10-12-15)13-20-23-19(25)18-16-7-5-6-8-17(16)21-22-18/h9-13H,3-8H2,1-2H3,(H,21,22)(H,23,25)/b20-13+. The number of benzene rings is 1. The number of rotatable bonds is 6. The van der Waals surface area contributed by atoms with Gasteiger partial charge in [0.25, 0.3) is 5.91 Å². The molecule has 0 saturated carbocycles. The third-order valence-corrected chi connectivity index (χ3v) is 4.67. The minimum Gasteiger partial charge on any atom is -0.372 e. The Hall–Kier alpha value is -2.63. The van der Waals surface area contributed by atoms with Gasteiger partial charge in [0.1, 0.15) is 0 Å². The van der Waals surface area contributed by atoms with Gasteiger partial charge in [0.15, 0.2) is 5.69 Å². The van der Waals surface area contributed by atoms with Crippen molar-refractivity contribution in [2.75, 3.05) is 18.0 Å². The number of aryl methyl sites for hydroxylation is 1. The van der Waals surface area contributed by atoms with Crippen LogP contribution in [-0.2, 0) is 12.8 Å². The van der Waals surface area contributed by atoms with Gasteiger partial charge in [-0.1, -0.05) is 12.1 Å². The van der Waals surface area contributed by atoms with Gasteiger partial charge in [0, 0.05) is 30.0 Å². The molecule has 0 bridgehead atoms. The normalized spacial score (nSPS) is 13.7. The predicted molar refractivity (Wildman–Crippen MR) is 100 cm³/mol. The first-order chi connectivity index (χ1) is 12.2. The second kappa shape index (κ2) is 7.96. The van der Waals surface area contributed by atoms with Crippen molar-refractivity contribution in [3.63, 3.8) is 0 Å². The summed E-state index contributed by atoms with van der Waals surface area (Å²) in [6.07, 6.45) is 5.79. The number of hydrogen-bond donors (Lipinski definition) is 2. The van der Waals surface area contributed by atoms with Crippen LogP contribution in [0, 0.1) is 0 Å². The molecule has 0 spiro atoms. The lowest BCUT2D eigenvalue weighted by molar-refractivity contribution is 0.0949. The van der Waals surface area contributed by atoms with E-state index in [1.807, 2.05) is 12.1 Å². The van der Waals surface area contributed by atoms with Crippen LogP contribution in [0.25, 0.3) is 0 Å². The van der Waals surface area contributed by atoms with Gasteiger partial charge in [-0.15, -0.1) is 0 Å². The van der Waals surface area contributed by atoms with Crippen LogP contribution >= 0.6 is 0 Å². The molecule has 1 aromatic heterocycles. The summed E-state index contributed by atoms with van der Waals surface area (Å²) in [5, 5.41) is 11.2. The van der Waals surface area contributed by atoms with E-state index in [1.54, 1.807) is 6.21 Å². The van der Waals surface area contributed by atoms with Gasteiger partial charge < -0.3 is 4.90 Å². The Bertz CT molecular complexity index is 744. The van der Waals surface area contributed by atoms with Crippen LogP contribution in [0.2, 0.25) is 0 Å². The highest BCUT2D eigenvalue weighted by atomic mass is 16.2. The summed E-state index contributed by atoms with van der Waals surface area (Å²) in [5.74, 6) is -0.254. The average molecular weight is 339 g/mol. The Morgan fingerprint density at radius 2 is 1.96 bits per heavy atom. The number of fused-ring (bicyclic) bond motifs is 1. The Morgan fingerprint density at radius 1 is 1.24 bits per heavy atom. The number of hydrazone groups is 1. The van der Waals surface area contributed by atoms with E-state index in [4.69, 9.17) is 0 Å². The van der Waals surface area contributed by atoms with Crippen LogP contribution in [0.4, 0.5) is 5.69 Å². The van der Waals surface area contributed by atoms with Crippen molar-refractivity contribution < 1.29 is 4.79 Å². The van der Waals surface area contributed by atoms with Crippen molar-refractivity contribution in [2.24, 2.45) is 5.10 Å². The summed E-state index contributed by atoms with van der Waals surface area (Å²) in [4.78, 5) is 14.6. The van der Waals surface area contributed by atoms with Gasteiger partial charge in [-0.05, 0) is 57.2 Å². The van der Waals surface area contributed by atoms with Crippen molar-refractivity contribution in [1.29, 1.82) is 0 Å². The number of hydrogen-bond acceptors (Lipinski definition) is 4. The molecule has 0 saturated heterocycles. The van der Waals surface area contributed by atoms with E-state index in [1.165, 1.54) is 5.69 Å². The fraction of sp³-hybridized carbons (Fsp3) is 0.421. The second-order valence-corrected chi connectivity index (χ2v) is 6.20. The Morgan fingerprint density at radius 3 is 2.68 bits per heavy atom. The first-order valence-corrected chi connectivity index (χ1v) is 8.97. The highest BCUT2D eigenvalue weighted by Gasteiger charge is 2.21. The van der Waals surface area contributed by atoms with Crippen LogP contribution in [0.1, 0.15) is 54.0 Å². The third-order valence-electron chi connectivity index (χ3n) is 4.67. The van der Waals surface area contributed by atoms with Gasteiger partial charge in [0.2, 0.25) is 0 Å². The molecule has 0 atom stereocenters. The SMILES string of the molecule is CCN(CC)c1ccc(/C=N/NC(=O)c2n[nH]c3c2CCCC3)cc1. The van der Waals surface area contributed by atoms with E-state index in [2.05, 4.69) is 51.6 Å². The number of nitrogens with zero attached hydrogens (tertiary/aromatic N) is 3. The predicted octanol–water partition coefficient (Wildman–Crippen LogP) is 2.90. The number of H-pyrrole nitrogens is 1. The number of anilines is 1. The van der Waals surface area contributed by atoms with Crippen LogP contribution in [0.3, 0.4) is 0 Å². The Kier molecular flexibility index (Phi) is 5.48. The first-order valence-electron chi connectivity index (χ1n) is 8.97. The quantitative estimate of drug-likeness (QED) is 0.628. The average Bonchev–Trinajstić information content (AvgIpc) is 3.08. The summed E-state index contributed by atoms with van der Waals surface area (Å²) >= 11 is 0. The molecule has 3 rings (SSSR count). The highest BCUT2D eigenvalue weighted by Crippen LogP contribution is 2.22. The fourth-order valence-electron chi connectivity index (χ4n) is 3.25. The Balaban J connectivity index is 1.61. The van der Waals surface area contributed by atoms with Gasteiger partial charge in [-0.2, -0.15) is 10.2 Å². The maximum atomic E-state index is 12.3. The largest absolute Gasteiger partial charge is 0.372 e. The molecule has 0 unspecified atom stereocenters. The molecule has 6 heteroatoms. The molecule has 6 nitrogen and oxygen atoms in total. The fourth-order valence-corrected chi connectivity index (χ4v) is 3.25. The zero-order valence-corrected chi connectivity index (χ0v) is 14.9. The summed E-state index contributed by atoms with van der Waals surface area (Å²) < 4.78 is 0. The summed E-state index contributed by atoms with van der Waals surface area (Å²) in [5.41, 5.74) is 7.32. The Labute approximate surface area is 148 Å². The second-order valence-electron chi connectivity index (χ2n) is 6.20. The number of aromatic amines is 1.